The van der Waals surface area contributed by atoms with Crippen molar-refractivity contribution in [1.82, 2.24) is 10.3 Å². The SMILES string of the molecule is Cc1ccccc1C1NCC(C)(C)c2ccc(COc3cc4c(cn3)[C@H]3[C@@H](C4)[C@@H]3C(=O)O)c(F)c21. The zero-order valence-corrected chi connectivity index (χ0v) is 20.1. The molecule has 2 N–H and O–H groups in total. The highest BCUT2D eigenvalue weighted by Crippen LogP contribution is 2.61. The highest BCUT2D eigenvalue weighted by Gasteiger charge is 2.60. The maximum Gasteiger partial charge on any atom is 0.307 e. The average molecular weight is 473 g/mol. The number of fused-ring (bicyclic) bond motifs is 4. The summed E-state index contributed by atoms with van der Waals surface area (Å²) in [5.74, 6) is -0.538. The number of carboxylic acids is 1. The van der Waals surface area contributed by atoms with Gasteiger partial charge in [0, 0.05) is 41.3 Å². The Morgan fingerprint density at radius 2 is 2.03 bits per heavy atom. The Hall–Kier alpha value is -3.25. The molecule has 3 aliphatic rings. The fraction of sp³-hybridized carbons (Fsp3) is 0.379. The quantitative estimate of drug-likeness (QED) is 0.544. The van der Waals surface area contributed by atoms with E-state index in [1.807, 2.05) is 30.3 Å². The first-order valence-electron chi connectivity index (χ1n) is 12.2. The van der Waals surface area contributed by atoms with Crippen LogP contribution in [0, 0.1) is 24.6 Å². The molecule has 1 aromatic heterocycles. The predicted molar refractivity (Wildman–Crippen MR) is 130 cm³/mol. The molecule has 3 aromatic rings. The molecule has 0 amide bonds. The van der Waals surface area contributed by atoms with Crippen molar-refractivity contribution >= 4 is 5.97 Å². The zero-order chi connectivity index (χ0) is 24.5. The van der Waals surface area contributed by atoms with Crippen LogP contribution < -0.4 is 10.1 Å². The normalized spacial score (nSPS) is 25.4. The lowest BCUT2D eigenvalue weighted by atomic mass is 9.74. The van der Waals surface area contributed by atoms with Gasteiger partial charge in [-0.2, -0.15) is 0 Å². The molecule has 4 atom stereocenters. The highest BCUT2D eigenvalue weighted by atomic mass is 19.1. The summed E-state index contributed by atoms with van der Waals surface area (Å²) >= 11 is 0. The molecule has 0 saturated heterocycles. The van der Waals surface area contributed by atoms with Gasteiger partial charge in [0.05, 0.1) is 12.0 Å². The molecule has 2 aromatic carbocycles. The van der Waals surface area contributed by atoms with E-state index in [0.29, 0.717) is 17.0 Å². The van der Waals surface area contributed by atoms with Crippen LogP contribution in [0.15, 0.2) is 48.7 Å². The molecule has 2 heterocycles. The number of hydrogen-bond acceptors (Lipinski definition) is 4. The van der Waals surface area contributed by atoms with Crippen LogP contribution in [-0.4, -0.2) is 22.6 Å². The summed E-state index contributed by atoms with van der Waals surface area (Å²) < 4.78 is 22.0. The molecule has 180 valence electrons. The Balaban J connectivity index is 1.28. The number of carbonyl (C=O) groups is 1. The van der Waals surface area contributed by atoms with Crippen LogP contribution in [0.1, 0.15) is 64.8 Å². The van der Waals surface area contributed by atoms with E-state index in [1.54, 1.807) is 6.20 Å². The summed E-state index contributed by atoms with van der Waals surface area (Å²) in [5, 5.41) is 12.9. The number of nitrogens with zero attached hydrogens (tertiary/aromatic N) is 1. The molecule has 1 fully saturated rings. The molecule has 0 bridgehead atoms. The van der Waals surface area contributed by atoms with E-state index in [4.69, 9.17) is 4.74 Å². The minimum Gasteiger partial charge on any atom is -0.481 e. The average Bonchev–Trinajstić information content (AvgIpc) is 3.42. The van der Waals surface area contributed by atoms with Crippen molar-refractivity contribution in [1.29, 1.82) is 0 Å². The minimum atomic E-state index is -0.726. The maximum absolute atomic E-state index is 16.1. The van der Waals surface area contributed by atoms with Crippen LogP contribution in [0.25, 0.3) is 0 Å². The van der Waals surface area contributed by atoms with Crippen LogP contribution in [0.5, 0.6) is 5.88 Å². The maximum atomic E-state index is 16.1. The van der Waals surface area contributed by atoms with Gasteiger partial charge in [-0.3, -0.25) is 4.79 Å². The number of aliphatic carboxylic acids is 1. The number of rotatable bonds is 5. The molecule has 0 radical (unpaired) electrons. The van der Waals surface area contributed by atoms with E-state index in [1.165, 1.54) is 0 Å². The van der Waals surface area contributed by atoms with Crippen molar-refractivity contribution in [3.63, 3.8) is 0 Å². The van der Waals surface area contributed by atoms with Crippen molar-refractivity contribution in [2.45, 2.75) is 51.2 Å². The lowest BCUT2D eigenvalue weighted by molar-refractivity contribution is -0.139. The summed E-state index contributed by atoms with van der Waals surface area (Å²) in [6.07, 6.45) is 2.48. The summed E-state index contributed by atoms with van der Waals surface area (Å²) in [5.41, 5.74) is 6.35. The number of nitrogens with one attached hydrogen (secondary N) is 1. The zero-order valence-electron chi connectivity index (χ0n) is 20.1. The first-order chi connectivity index (χ1) is 16.8. The van der Waals surface area contributed by atoms with Gasteiger partial charge in [0.2, 0.25) is 5.88 Å². The van der Waals surface area contributed by atoms with Crippen LogP contribution in [0.2, 0.25) is 0 Å². The summed E-state index contributed by atoms with van der Waals surface area (Å²) in [7, 11) is 0. The number of aryl methyl sites for hydroxylation is 1. The second-order valence-electron chi connectivity index (χ2n) is 10.8. The van der Waals surface area contributed by atoms with E-state index >= 15 is 4.39 Å². The molecule has 5 nitrogen and oxygen atoms in total. The molecule has 1 unspecified atom stereocenters. The van der Waals surface area contributed by atoms with Gasteiger partial charge in [-0.1, -0.05) is 50.2 Å². The number of aromatic nitrogens is 1. The molecule has 6 heteroatoms. The van der Waals surface area contributed by atoms with Crippen molar-refractivity contribution < 1.29 is 19.0 Å². The van der Waals surface area contributed by atoms with Crippen LogP contribution >= 0.6 is 0 Å². The Labute approximate surface area is 204 Å². The number of carboxylic acid groups (broad SMARTS) is 1. The standard InChI is InChI=1S/C29H29FN2O3/c1-15-6-4-5-7-18(15)27-25-21(29(2,3)14-32-27)9-8-16(26(25)30)13-35-22-11-17-10-19-23(20(17)12-31-22)24(19)28(33)34/h4-9,11-12,19,23-24,27,32H,10,13-14H2,1-3H3,(H,33,34)/t19-,23-,24+,27?/m1/s1. The number of hydrogen-bond donors (Lipinski definition) is 2. The number of benzene rings is 2. The van der Waals surface area contributed by atoms with Gasteiger partial charge in [0.25, 0.3) is 0 Å². The van der Waals surface area contributed by atoms with Gasteiger partial charge in [-0.15, -0.1) is 0 Å². The van der Waals surface area contributed by atoms with E-state index in [9.17, 15) is 9.90 Å². The third kappa shape index (κ3) is 3.54. The largest absolute Gasteiger partial charge is 0.481 e. The number of ether oxygens (including phenoxy) is 1. The lowest BCUT2D eigenvalue weighted by Gasteiger charge is -2.39. The highest BCUT2D eigenvalue weighted by molar-refractivity contribution is 5.77. The van der Waals surface area contributed by atoms with Crippen molar-refractivity contribution in [2.75, 3.05) is 6.54 Å². The lowest BCUT2D eigenvalue weighted by Crippen LogP contribution is -2.43. The second-order valence-corrected chi connectivity index (χ2v) is 10.8. The van der Waals surface area contributed by atoms with Crippen molar-refractivity contribution in [3.8, 4) is 5.88 Å². The molecule has 0 spiro atoms. The van der Waals surface area contributed by atoms with Crippen LogP contribution in [-0.2, 0) is 23.2 Å². The van der Waals surface area contributed by atoms with Crippen molar-refractivity contribution in [2.24, 2.45) is 11.8 Å². The molecule has 35 heavy (non-hydrogen) atoms. The number of halogens is 1. The summed E-state index contributed by atoms with van der Waals surface area (Å²) in [6, 6.07) is 13.7. The van der Waals surface area contributed by atoms with Gasteiger partial charge in [-0.25, -0.2) is 9.37 Å². The van der Waals surface area contributed by atoms with E-state index in [2.05, 4.69) is 43.2 Å². The molecule has 1 aliphatic heterocycles. The first-order valence-corrected chi connectivity index (χ1v) is 12.2. The first kappa shape index (κ1) is 22.2. The Morgan fingerprint density at radius 1 is 1.23 bits per heavy atom. The van der Waals surface area contributed by atoms with Gasteiger partial charge in [0.15, 0.2) is 0 Å². The van der Waals surface area contributed by atoms with Crippen LogP contribution in [0.4, 0.5) is 4.39 Å². The van der Waals surface area contributed by atoms with Gasteiger partial charge >= 0.3 is 5.97 Å². The van der Waals surface area contributed by atoms with E-state index < -0.39 is 5.97 Å². The van der Waals surface area contributed by atoms with Gasteiger partial charge < -0.3 is 15.2 Å². The Morgan fingerprint density at radius 3 is 2.80 bits per heavy atom. The minimum absolute atomic E-state index is 0.0798. The van der Waals surface area contributed by atoms with E-state index in [0.717, 1.165) is 40.8 Å². The fourth-order valence-corrected chi connectivity index (χ4v) is 6.19. The second kappa shape index (κ2) is 7.89. The van der Waals surface area contributed by atoms with Crippen molar-refractivity contribution in [3.05, 3.63) is 93.4 Å². The van der Waals surface area contributed by atoms with E-state index in [-0.39, 0.29) is 41.6 Å². The van der Waals surface area contributed by atoms with Crippen LogP contribution in [0.3, 0.4) is 0 Å². The summed E-state index contributed by atoms with van der Waals surface area (Å²) in [6.45, 7) is 7.17. The fourth-order valence-electron chi connectivity index (χ4n) is 6.19. The topological polar surface area (TPSA) is 71.5 Å². The molecule has 1 saturated carbocycles. The Kier molecular flexibility index (Phi) is 5.01. The number of pyridine rings is 1. The third-order valence-corrected chi connectivity index (χ3v) is 8.17. The predicted octanol–water partition coefficient (Wildman–Crippen LogP) is 5.05. The molecule has 6 rings (SSSR count). The Bertz CT molecular complexity index is 1350. The third-order valence-electron chi connectivity index (χ3n) is 8.17. The van der Waals surface area contributed by atoms with Gasteiger partial charge in [-0.05, 0) is 47.1 Å². The summed E-state index contributed by atoms with van der Waals surface area (Å²) in [4.78, 5) is 15.7. The molecular weight excluding hydrogens is 443 g/mol. The molecule has 2 aliphatic carbocycles. The smallest absolute Gasteiger partial charge is 0.307 e. The van der Waals surface area contributed by atoms with Gasteiger partial charge in [0.1, 0.15) is 12.4 Å². The molecular formula is C29H29FN2O3. The monoisotopic (exact) mass is 472 g/mol.